The van der Waals surface area contributed by atoms with Crippen LogP contribution in [0.25, 0.3) is 0 Å². The van der Waals surface area contributed by atoms with Crippen LogP contribution in [0.4, 0.5) is 0 Å². The second-order valence-electron chi connectivity index (χ2n) is 5.28. The van der Waals surface area contributed by atoms with Crippen molar-refractivity contribution in [3.63, 3.8) is 0 Å². The number of rotatable bonds is 5. The lowest BCUT2D eigenvalue weighted by Crippen LogP contribution is -2.45. The molecule has 16 heavy (non-hydrogen) atoms. The van der Waals surface area contributed by atoms with Gasteiger partial charge in [0.25, 0.3) is 0 Å². The Hall–Kier alpha value is -0.570. The number of nitrogens with two attached hydrogens (primary N) is 1. The lowest BCUT2D eigenvalue weighted by atomic mass is 9.75. The van der Waals surface area contributed by atoms with Gasteiger partial charge in [0.2, 0.25) is 5.91 Å². The van der Waals surface area contributed by atoms with Gasteiger partial charge in [0.05, 0.1) is 0 Å². The first-order chi connectivity index (χ1) is 7.62. The van der Waals surface area contributed by atoms with Crippen LogP contribution in [-0.2, 0) is 4.79 Å². The van der Waals surface area contributed by atoms with Gasteiger partial charge in [0.1, 0.15) is 0 Å². The molecule has 1 fully saturated rings. The summed E-state index contributed by atoms with van der Waals surface area (Å²) in [7, 11) is 0. The summed E-state index contributed by atoms with van der Waals surface area (Å²) < 4.78 is 0. The number of nitrogens with one attached hydrogen (secondary N) is 1. The topological polar surface area (TPSA) is 55.1 Å². The van der Waals surface area contributed by atoms with Crippen molar-refractivity contribution in [2.75, 3.05) is 6.54 Å². The largest absolute Gasteiger partial charge is 0.353 e. The average molecular weight is 226 g/mol. The van der Waals surface area contributed by atoms with Gasteiger partial charge < -0.3 is 11.1 Å². The predicted molar refractivity (Wildman–Crippen MR) is 67.1 cm³/mol. The second kappa shape index (κ2) is 6.24. The Morgan fingerprint density at radius 2 is 2.00 bits per heavy atom. The summed E-state index contributed by atoms with van der Waals surface area (Å²) in [5, 5.41) is 3.16. The molecule has 1 unspecified atom stereocenters. The summed E-state index contributed by atoms with van der Waals surface area (Å²) in [6, 6.07) is 0.260. The number of carbonyl (C=O) groups excluding carboxylic acids is 1. The molecule has 0 heterocycles. The van der Waals surface area contributed by atoms with E-state index in [1.165, 1.54) is 19.3 Å². The summed E-state index contributed by atoms with van der Waals surface area (Å²) in [4.78, 5) is 12.2. The number of hydrogen-bond acceptors (Lipinski definition) is 2. The molecular weight excluding hydrogens is 200 g/mol. The minimum atomic E-state index is -0.125. The highest BCUT2D eigenvalue weighted by molar-refractivity contribution is 5.82. The molecule has 0 aromatic carbocycles. The zero-order valence-corrected chi connectivity index (χ0v) is 10.7. The molecule has 0 radical (unpaired) electrons. The van der Waals surface area contributed by atoms with Crippen molar-refractivity contribution in [2.45, 2.75) is 64.8 Å². The quantitative estimate of drug-likeness (QED) is 0.755. The fraction of sp³-hybridized carbons (Fsp3) is 0.923. The summed E-state index contributed by atoms with van der Waals surface area (Å²) in [6.07, 6.45) is 7.60. The van der Waals surface area contributed by atoms with Crippen molar-refractivity contribution in [3.05, 3.63) is 0 Å². The maximum absolute atomic E-state index is 12.2. The summed E-state index contributed by atoms with van der Waals surface area (Å²) in [6.45, 7) is 4.86. The third kappa shape index (κ3) is 3.48. The van der Waals surface area contributed by atoms with Gasteiger partial charge in [-0.2, -0.15) is 0 Å². The van der Waals surface area contributed by atoms with Crippen molar-refractivity contribution >= 4 is 5.91 Å². The lowest BCUT2D eigenvalue weighted by Gasteiger charge is -2.33. The monoisotopic (exact) mass is 226 g/mol. The van der Waals surface area contributed by atoms with Gasteiger partial charge in [0.15, 0.2) is 0 Å². The van der Waals surface area contributed by atoms with E-state index in [4.69, 9.17) is 5.73 Å². The third-order valence-electron chi connectivity index (χ3n) is 3.85. The molecule has 1 saturated carbocycles. The lowest BCUT2D eigenvalue weighted by molar-refractivity contribution is -0.132. The maximum Gasteiger partial charge on any atom is 0.226 e. The van der Waals surface area contributed by atoms with Gasteiger partial charge in [0, 0.05) is 11.5 Å². The van der Waals surface area contributed by atoms with E-state index in [-0.39, 0.29) is 17.4 Å². The minimum absolute atomic E-state index is 0.125. The first kappa shape index (κ1) is 13.5. The van der Waals surface area contributed by atoms with Crippen LogP contribution in [0, 0.1) is 5.41 Å². The molecule has 0 bridgehead atoms. The molecule has 0 aromatic rings. The van der Waals surface area contributed by atoms with Gasteiger partial charge in [-0.3, -0.25) is 4.79 Å². The van der Waals surface area contributed by atoms with Crippen LogP contribution in [-0.4, -0.2) is 18.5 Å². The van der Waals surface area contributed by atoms with E-state index in [9.17, 15) is 4.79 Å². The Kier molecular flexibility index (Phi) is 5.26. The third-order valence-corrected chi connectivity index (χ3v) is 3.85. The molecule has 94 valence electrons. The zero-order chi connectivity index (χ0) is 12.0. The highest BCUT2D eigenvalue weighted by Crippen LogP contribution is 2.35. The average Bonchev–Trinajstić information content (AvgIpc) is 2.29. The van der Waals surface area contributed by atoms with E-state index in [1.807, 2.05) is 0 Å². The van der Waals surface area contributed by atoms with E-state index < -0.39 is 0 Å². The van der Waals surface area contributed by atoms with Gasteiger partial charge in [-0.25, -0.2) is 0 Å². The van der Waals surface area contributed by atoms with Crippen LogP contribution in [0.2, 0.25) is 0 Å². The Labute approximate surface area is 99.2 Å². The smallest absolute Gasteiger partial charge is 0.226 e. The van der Waals surface area contributed by atoms with Crippen molar-refractivity contribution < 1.29 is 4.79 Å². The van der Waals surface area contributed by atoms with Crippen LogP contribution in [0.3, 0.4) is 0 Å². The van der Waals surface area contributed by atoms with Gasteiger partial charge in [-0.05, 0) is 32.2 Å². The molecule has 3 N–H and O–H groups in total. The van der Waals surface area contributed by atoms with E-state index in [2.05, 4.69) is 19.2 Å². The first-order valence-corrected chi connectivity index (χ1v) is 6.63. The number of carbonyl (C=O) groups is 1. The normalized spacial score (nSPS) is 21.4. The Balaban J connectivity index is 2.48. The van der Waals surface area contributed by atoms with Crippen molar-refractivity contribution in [1.82, 2.24) is 5.32 Å². The van der Waals surface area contributed by atoms with Gasteiger partial charge in [-0.15, -0.1) is 0 Å². The fourth-order valence-corrected chi connectivity index (χ4v) is 2.50. The van der Waals surface area contributed by atoms with Crippen molar-refractivity contribution in [3.8, 4) is 0 Å². The molecular formula is C13H26N2O. The molecule has 1 aliphatic carbocycles. The maximum atomic E-state index is 12.2. The number of hydrogen-bond donors (Lipinski definition) is 2. The molecule has 1 amide bonds. The molecule has 0 aliphatic heterocycles. The molecule has 3 heteroatoms. The van der Waals surface area contributed by atoms with E-state index in [0.717, 1.165) is 25.7 Å². The van der Waals surface area contributed by atoms with E-state index >= 15 is 0 Å². The van der Waals surface area contributed by atoms with E-state index in [0.29, 0.717) is 6.54 Å². The molecule has 1 atom stereocenters. The van der Waals surface area contributed by atoms with E-state index in [1.54, 1.807) is 0 Å². The van der Waals surface area contributed by atoms with Crippen LogP contribution in [0.15, 0.2) is 0 Å². The molecule has 0 saturated heterocycles. The summed E-state index contributed by atoms with van der Waals surface area (Å²) in [5.41, 5.74) is 5.42. The fourth-order valence-electron chi connectivity index (χ4n) is 2.50. The SMILES string of the molecule is CCC(CCN)NC(=O)C1(C)CCCCC1. The van der Waals surface area contributed by atoms with Crippen LogP contribution < -0.4 is 11.1 Å². The Bertz CT molecular complexity index is 222. The molecule has 0 aromatic heterocycles. The Morgan fingerprint density at radius 3 is 2.50 bits per heavy atom. The minimum Gasteiger partial charge on any atom is -0.353 e. The van der Waals surface area contributed by atoms with Crippen LogP contribution >= 0.6 is 0 Å². The van der Waals surface area contributed by atoms with Gasteiger partial charge in [-0.1, -0.05) is 33.1 Å². The zero-order valence-electron chi connectivity index (χ0n) is 10.7. The first-order valence-electron chi connectivity index (χ1n) is 6.63. The molecule has 1 aliphatic rings. The number of amides is 1. The van der Waals surface area contributed by atoms with Crippen molar-refractivity contribution in [1.29, 1.82) is 0 Å². The van der Waals surface area contributed by atoms with Gasteiger partial charge >= 0.3 is 0 Å². The second-order valence-corrected chi connectivity index (χ2v) is 5.28. The molecule has 1 rings (SSSR count). The molecule has 3 nitrogen and oxygen atoms in total. The predicted octanol–water partition coefficient (Wildman–Crippen LogP) is 2.20. The van der Waals surface area contributed by atoms with Crippen LogP contribution in [0.5, 0.6) is 0 Å². The summed E-state index contributed by atoms with van der Waals surface area (Å²) >= 11 is 0. The summed E-state index contributed by atoms with van der Waals surface area (Å²) in [5.74, 6) is 0.243. The Morgan fingerprint density at radius 1 is 1.38 bits per heavy atom. The van der Waals surface area contributed by atoms with Crippen molar-refractivity contribution in [2.24, 2.45) is 11.1 Å². The highest BCUT2D eigenvalue weighted by Gasteiger charge is 2.34. The highest BCUT2D eigenvalue weighted by atomic mass is 16.2. The molecule has 0 spiro atoms. The van der Waals surface area contributed by atoms with Crippen LogP contribution in [0.1, 0.15) is 58.8 Å². The standard InChI is InChI=1S/C13H26N2O/c1-3-11(7-10-14)15-12(16)13(2)8-5-4-6-9-13/h11H,3-10,14H2,1-2H3,(H,15,16).